The number of hydrogen-bond donors (Lipinski definition) is 0. The first-order chi connectivity index (χ1) is 9.06. The van der Waals surface area contributed by atoms with Gasteiger partial charge < -0.3 is 9.64 Å². The number of halogens is 3. The van der Waals surface area contributed by atoms with Crippen LogP contribution in [0, 0.1) is 5.82 Å². The summed E-state index contributed by atoms with van der Waals surface area (Å²) in [4.78, 5) is 13.3. The summed E-state index contributed by atoms with van der Waals surface area (Å²) < 4.78 is 41.8. The fraction of sp³-hybridized carbons (Fsp3) is 0.462. The van der Waals surface area contributed by atoms with E-state index >= 15 is 0 Å². The number of benzene rings is 1. The predicted molar refractivity (Wildman–Crippen MR) is 62.2 cm³/mol. The summed E-state index contributed by atoms with van der Waals surface area (Å²) in [5.74, 6) is -0.708. The lowest BCUT2D eigenvalue weighted by molar-refractivity contribution is -0.160. The first kappa shape index (κ1) is 13.9. The molecule has 19 heavy (non-hydrogen) atoms. The number of amides is 1. The minimum atomic E-state index is -2.83. The summed E-state index contributed by atoms with van der Waals surface area (Å²) in [6.45, 7) is -2.32. The van der Waals surface area contributed by atoms with E-state index in [9.17, 15) is 18.0 Å². The predicted octanol–water partition coefficient (Wildman–Crippen LogP) is 2.21. The Morgan fingerprint density at radius 1 is 1.42 bits per heavy atom. The Kier molecular flexibility index (Phi) is 4.42. The lowest BCUT2D eigenvalue weighted by Crippen LogP contribution is -2.32. The van der Waals surface area contributed by atoms with Crippen molar-refractivity contribution < 1.29 is 22.7 Å². The monoisotopic (exact) mass is 273 g/mol. The Hall–Kier alpha value is -1.56. The van der Waals surface area contributed by atoms with E-state index in [1.54, 1.807) is 12.1 Å². The van der Waals surface area contributed by atoms with Gasteiger partial charge in [-0.15, -0.1) is 0 Å². The van der Waals surface area contributed by atoms with Crippen molar-refractivity contribution in [2.75, 3.05) is 13.1 Å². The molecular weight excluding hydrogens is 259 g/mol. The molecule has 2 rings (SSSR count). The van der Waals surface area contributed by atoms with Crippen LogP contribution in [0.2, 0.25) is 0 Å². The van der Waals surface area contributed by atoms with Crippen molar-refractivity contribution in [1.29, 1.82) is 0 Å². The van der Waals surface area contributed by atoms with Gasteiger partial charge in [-0.25, -0.2) is 4.39 Å². The highest BCUT2D eigenvalue weighted by Crippen LogP contribution is 2.17. The first-order valence-electron chi connectivity index (χ1n) is 6.01. The summed E-state index contributed by atoms with van der Waals surface area (Å²) in [5, 5.41) is 0. The molecule has 104 valence electrons. The van der Waals surface area contributed by atoms with Crippen molar-refractivity contribution in [3.8, 4) is 0 Å². The summed E-state index contributed by atoms with van der Waals surface area (Å²) in [6.07, 6.45) is -0.314. The van der Waals surface area contributed by atoms with Crippen molar-refractivity contribution in [3.63, 3.8) is 0 Å². The molecule has 3 nitrogen and oxygen atoms in total. The van der Waals surface area contributed by atoms with Gasteiger partial charge >= 0.3 is 6.61 Å². The highest BCUT2D eigenvalue weighted by Gasteiger charge is 2.28. The lowest BCUT2D eigenvalue weighted by atomic mass is 10.1. The molecule has 1 saturated heterocycles. The number of alkyl halides is 2. The van der Waals surface area contributed by atoms with E-state index in [1.807, 2.05) is 0 Å². The van der Waals surface area contributed by atoms with E-state index in [4.69, 9.17) is 0 Å². The third kappa shape index (κ3) is 3.70. The summed E-state index contributed by atoms with van der Waals surface area (Å²) >= 11 is 0. The number of nitrogens with zero attached hydrogens (tertiary/aromatic N) is 1. The van der Waals surface area contributed by atoms with Crippen molar-refractivity contribution in [3.05, 3.63) is 35.6 Å². The molecule has 1 atom stereocenters. The van der Waals surface area contributed by atoms with Crippen LogP contribution in [0.1, 0.15) is 12.0 Å². The normalized spacial score (nSPS) is 19.2. The Balaban J connectivity index is 1.90. The SMILES string of the molecule is O=C(Cc1ccccc1F)N1CC[C@H](OC(F)F)C1. The number of hydrogen-bond acceptors (Lipinski definition) is 2. The molecular formula is C13H14F3NO2. The largest absolute Gasteiger partial charge is 0.345 e. The second kappa shape index (κ2) is 6.06. The molecule has 6 heteroatoms. The zero-order chi connectivity index (χ0) is 13.8. The van der Waals surface area contributed by atoms with Crippen molar-refractivity contribution in [2.24, 2.45) is 0 Å². The topological polar surface area (TPSA) is 29.5 Å². The van der Waals surface area contributed by atoms with Gasteiger partial charge in [0.25, 0.3) is 0 Å². The van der Waals surface area contributed by atoms with Gasteiger partial charge in [-0.05, 0) is 18.1 Å². The van der Waals surface area contributed by atoms with Crippen LogP contribution >= 0.6 is 0 Å². The smallest absolute Gasteiger partial charge is 0.340 e. The van der Waals surface area contributed by atoms with E-state index in [0.29, 0.717) is 18.5 Å². The van der Waals surface area contributed by atoms with Crippen LogP contribution in [-0.4, -0.2) is 36.6 Å². The maximum atomic E-state index is 13.4. The van der Waals surface area contributed by atoms with Crippen LogP contribution in [0.25, 0.3) is 0 Å². The average molecular weight is 273 g/mol. The Bertz CT molecular complexity index is 453. The van der Waals surface area contributed by atoms with Crippen molar-refractivity contribution in [1.82, 2.24) is 4.90 Å². The zero-order valence-electron chi connectivity index (χ0n) is 10.2. The summed E-state index contributed by atoms with van der Waals surface area (Å²) in [6, 6.07) is 6.02. The standard InChI is InChI=1S/C13H14F3NO2/c14-11-4-2-1-3-9(11)7-12(18)17-6-5-10(8-17)19-13(15)16/h1-4,10,13H,5-8H2/t10-/m0/s1. The van der Waals surface area contributed by atoms with Gasteiger partial charge in [-0.2, -0.15) is 8.78 Å². The molecule has 0 saturated carbocycles. The Morgan fingerprint density at radius 2 is 2.16 bits per heavy atom. The minimum Gasteiger partial charge on any atom is -0.340 e. The Labute approximate surface area is 109 Å². The molecule has 1 fully saturated rings. The third-order valence-electron chi connectivity index (χ3n) is 3.09. The van der Waals surface area contributed by atoms with Crippen LogP contribution < -0.4 is 0 Å². The van der Waals surface area contributed by atoms with Gasteiger partial charge in [0.2, 0.25) is 5.91 Å². The first-order valence-corrected chi connectivity index (χ1v) is 6.01. The van der Waals surface area contributed by atoms with Gasteiger partial charge in [0.05, 0.1) is 12.5 Å². The van der Waals surface area contributed by atoms with Crippen LogP contribution in [0.15, 0.2) is 24.3 Å². The summed E-state index contributed by atoms with van der Waals surface area (Å²) in [5.41, 5.74) is 0.311. The minimum absolute atomic E-state index is 0.0614. The van der Waals surface area contributed by atoms with Crippen LogP contribution in [0.3, 0.4) is 0 Å². The highest BCUT2D eigenvalue weighted by molar-refractivity contribution is 5.79. The second-order valence-electron chi connectivity index (χ2n) is 4.42. The lowest BCUT2D eigenvalue weighted by Gasteiger charge is -2.16. The molecule has 1 aromatic carbocycles. The highest BCUT2D eigenvalue weighted by atomic mass is 19.3. The van der Waals surface area contributed by atoms with Gasteiger partial charge in [0.15, 0.2) is 0 Å². The van der Waals surface area contributed by atoms with Gasteiger partial charge in [0.1, 0.15) is 5.82 Å². The van der Waals surface area contributed by atoms with Crippen LogP contribution in [0.4, 0.5) is 13.2 Å². The maximum Gasteiger partial charge on any atom is 0.345 e. The summed E-state index contributed by atoms with van der Waals surface area (Å²) in [7, 11) is 0. The number of carbonyl (C=O) groups excluding carboxylic acids is 1. The van der Waals surface area contributed by atoms with Gasteiger partial charge in [0, 0.05) is 13.1 Å². The van der Waals surface area contributed by atoms with E-state index in [-0.39, 0.29) is 18.9 Å². The molecule has 0 N–H and O–H groups in total. The van der Waals surface area contributed by atoms with Crippen LogP contribution in [-0.2, 0) is 16.0 Å². The molecule has 0 spiro atoms. The fourth-order valence-electron chi connectivity index (χ4n) is 2.13. The molecule has 1 aliphatic rings. The van der Waals surface area contributed by atoms with Gasteiger partial charge in [-0.3, -0.25) is 4.79 Å². The molecule has 1 amide bonds. The maximum absolute atomic E-state index is 13.4. The zero-order valence-corrected chi connectivity index (χ0v) is 10.2. The molecule has 0 aliphatic carbocycles. The quantitative estimate of drug-likeness (QED) is 0.841. The van der Waals surface area contributed by atoms with E-state index in [0.717, 1.165) is 0 Å². The fourth-order valence-corrected chi connectivity index (χ4v) is 2.13. The van der Waals surface area contributed by atoms with E-state index in [1.165, 1.54) is 17.0 Å². The number of likely N-dealkylation sites (tertiary alicyclic amines) is 1. The second-order valence-corrected chi connectivity index (χ2v) is 4.42. The van der Waals surface area contributed by atoms with Gasteiger partial charge in [-0.1, -0.05) is 18.2 Å². The third-order valence-corrected chi connectivity index (χ3v) is 3.09. The van der Waals surface area contributed by atoms with Crippen molar-refractivity contribution in [2.45, 2.75) is 25.6 Å². The molecule has 1 aromatic rings. The molecule has 0 unspecified atom stereocenters. The molecule has 0 bridgehead atoms. The number of rotatable bonds is 4. The van der Waals surface area contributed by atoms with Crippen molar-refractivity contribution >= 4 is 5.91 Å². The molecule has 0 radical (unpaired) electrons. The number of carbonyl (C=O) groups is 1. The molecule has 1 heterocycles. The van der Waals surface area contributed by atoms with E-state index in [2.05, 4.69) is 4.74 Å². The molecule has 0 aromatic heterocycles. The van der Waals surface area contributed by atoms with E-state index < -0.39 is 18.5 Å². The molecule has 1 aliphatic heterocycles. The number of ether oxygens (including phenoxy) is 1. The Morgan fingerprint density at radius 3 is 2.84 bits per heavy atom. The average Bonchev–Trinajstić information content (AvgIpc) is 2.79. The van der Waals surface area contributed by atoms with Crippen LogP contribution in [0.5, 0.6) is 0 Å².